The van der Waals surface area contributed by atoms with Gasteiger partial charge in [-0.15, -0.1) is 6.58 Å². The van der Waals surface area contributed by atoms with Crippen molar-refractivity contribution in [3.8, 4) is 5.69 Å². The molecule has 0 fully saturated rings. The Balaban J connectivity index is 1.81. The van der Waals surface area contributed by atoms with Crippen LogP contribution in [0.5, 0.6) is 0 Å². The molecule has 2 aromatic carbocycles. The van der Waals surface area contributed by atoms with Gasteiger partial charge < -0.3 is 4.57 Å². The summed E-state index contributed by atoms with van der Waals surface area (Å²) in [5.74, 6) is -0.289. The highest BCUT2D eigenvalue weighted by molar-refractivity contribution is 7.16. The van der Waals surface area contributed by atoms with Crippen molar-refractivity contribution in [2.45, 2.75) is 27.3 Å². The van der Waals surface area contributed by atoms with Crippen LogP contribution < -0.4 is 4.80 Å². The van der Waals surface area contributed by atoms with Crippen LogP contribution in [0.3, 0.4) is 0 Å². The third kappa shape index (κ3) is 3.47. The van der Waals surface area contributed by atoms with Gasteiger partial charge in [0.2, 0.25) is 0 Å². The average Bonchev–Trinajstić information content (AvgIpc) is 3.24. The second-order valence-electron chi connectivity index (χ2n) is 7.00. The molecule has 0 saturated carbocycles. The Kier molecular flexibility index (Phi) is 5.03. The van der Waals surface area contributed by atoms with Crippen molar-refractivity contribution in [1.82, 2.24) is 14.3 Å². The van der Waals surface area contributed by atoms with Crippen LogP contribution in [0.25, 0.3) is 15.9 Å². The molecule has 0 saturated heterocycles. The molecule has 4 rings (SSSR count). The number of para-hydroxylation sites is 1. The molecule has 0 aliphatic carbocycles. The van der Waals surface area contributed by atoms with E-state index in [1.807, 2.05) is 47.9 Å². The highest BCUT2D eigenvalue weighted by Gasteiger charge is 2.16. The number of allylic oxidation sites excluding steroid dienone is 1. The molecule has 0 N–H and O–H groups in total. The van der Waals surface area contributed by atoms with E-state index in [0.29, 0.717) is 16.9 Å². The minimum Gasteiger partial charge on any atom is -0.312 e. The van der Waals surface area contributed by atoms with E-state index >= 15 is 0 Å². The Morgan fingerprint density at radius 2 is 1.90 bits per heavy atom. The van der Waals surface area contributed by atoms with Gasteiger partial charge >= 0.3 is 0 Å². The van der Waals surface area contributed by atoms with Crippen LogP contribution in [-0.2, 0) is 6.54 Å². The van der Waals surface area contributed by atoms with E-state index in [9.17, 15) is 4.79 Å². The molecule has 6 heteroatoms. The molecule has 0 radical (unpaired) electrons. The van der Waals surface area contributed by atoms with Gasteiger partial charge in [-0.05, 0) is 56.2 Å². The maximum atomic E-state index is 13.0. The van der Waals surface area contributed by atoms with Crippen LogP contribution in [-0.4, -0.2) is 20.3 Å². The number of rotatable bonds is 4. The molecule has 2 heterocycles. The number of amides is 1. The summed E-state index contributed by atoms with van der Waals surface area (Å²) in [7, 11) is 0. The van der Waals surface area contributed by atoms with Gasteiger partial charge in [-0.1, -0.05) is 35.6 Å². The summed E-state index contributed by atoms with van der Waals surface area (Å²) in [4.78, 5) is 18.1. The quantitative estimate of drug-likeness (QED) is 0.463. The molecule has 2 aromatic heterocycles. The molecular weight excluding hydrogens is 380 g/mol. The van der Waals surface area contributed by atoms with E-state index in [1.165, 1.54) is 22.5 Å². The molecule has 0 bridgehead atoms. The molecule has 1 amide bonds. The van der Waals surface area contributed by atoms with Crippen molar-refractivity contribution in [3.63, 3.8) is 0 Å². The molecule has 0 aliphatic rings. The zero-order chi connectivity index (χ0) is 20.5. The minimum absolute atomic E-state index is 0.289. The number of carbonyl (C=O) groups excluding carboxylic acids is 1. The van der Waals surface area contributed by atoms with E-state index in [1.54, 1.807) is 10.9 Å². The number of aryl methyl sites for hydroxylation is 2. The van der Waals surface area contributed by atoms with Crippen LogP contribution >= 0.6 is 11.3 Å². The zero-order valence-corrected chi connectivity index (χ0v) is 17.5. The van der Waals surface area contributed by atoms with Gasteiger partial charge in [-0.25, -0.2) is 4.68 Å². The third-order valence-electron chi connectivity index (χ3n) is 5.05. The Labute approximate surface area is 173 Å². The predicted molar refractivity (Wildman–Crippen MR) is 118 cm³/mol. The number of benzene rings is 2. The Bertz CT molecular complexity index is 1290. The second kappa shape index (κ2) is 7.64. The third-order valence-corrected chi connectivity index (χ3v) is 6.09. The van der Waals surface area contributed by atoms with Gasteiger partial charge in [-0.3, -0.25) is 4.79 Å². The molecule has 0 atom stereocenters. The van der Waals surface area contributed by atoms with Crippen molar-refractivity contribution in [2.24, 2.45) is 4.99 Å². The summed E-state index contributed by atoms with van der Waals surface area (Å²) in [6, 6.07) is 14.1. The first-order valence-corrected chi connectivity index (χ1v) is 10.2. The summed E-state index contributed by atoms with van der Waals surface area (Å²) in [5, 5.41) is 4.39. The lowest BCUT2D eigenvalue weighted by atomic mass is 10.1. The first kappa shape index (κ1) is 19.1. The number of nitrogens with zero attached hydrogens (tertiary/aromatic N) is 4. The van der Waals surface area contributed by atoms with Gasteiger partial charge in [0.05, 0.1) is 33.4 Å². The van der Waals surface area contributed by atoms with Crippen molar-refractivity contribution in [3.05, 3.63) is 88.5 Å². The van der Waals surface area contributed by atoms with E-state index in [2.05, 4.69) is 42.7 Å². The van der Waals surface area contributed by atoms with Gasteiger partial charge in [0.15, 0.2) is 4.80 Å². The second-order valence-corrected chi connectivity index (χ2v) is 8.01. The molecule has 5 nitrogen and oxygen atoms in total. The summed E-state index contributed by atoms with van der Waals surface area (Å²) in [5.41, 5.74) is 5.70. The minimum atomic E-state index is -0.289. The molecule has 146 valence electrons. The smallest absolute Gasteiger partial charge is 0.283 e. The van der Waals surface area contributed by atoms with Crippen LogP contribution in [0.15, 0.2) is 66.3 Å². The molecule has 29 heavy (non-hydrogen) atoms. The summed E-state index contributed by atoms with van der Waals surface area (Å²) in [6.45, 7) is 10.5. The number of aromatic nitrogens is 3. The highest BCUT2D eigenvalue weighted by atomic mass is 32.1. The standard InChI is InChI=1S/C23H22N4OS/c1-5-11-26-20-12-15(2)16(3)13-21(20)29-23(26)25-22(28)19-14-24-27(17(19)4)18-9-7-6-8-10-18/h5-10,12-14H,1,11H2,2-4H3. The van der Waals surface area contributed by atoms with E-state index in [0.717, 1.165) is 21.6 Å². The lowest BCUT2D eigenvalue weighted by Gasteiger charge is -2.04. The fraction of sp³-hybridized carbons (Fsp3) is 0.174. The molecule has 0 spiro atoms. The first-order chi connectivity index (χ1) is 14.0. The van der Waals surface area contributed by atoms with Crippen LogP contribution in [0, 0.1) is 20.8 Å². The molecular formula is C23H22N4OS. The largest absolute Gasteiger partial charge is 0.312 e. The highest BCUT2D eigenvalue weighted by Crippen LogP contribution is 2.22. The SMILES string of the molecule is C=CCn1c(=NC(=O)c2cnn(-c3ccccc3)c2C)sc2cc(C)c(C)cc21. The lowest BCUT2D eigenvalue weighted by molar-refractivity contribution is 0.0997. The lowest BCUT2D eigenvalue weighted by Crippen LogP contribution is -2.16. The van der Waals surface area contributed by atoms with Gasteiger partial charge in [0.25, 0.3) is 5.91 Å². The monoisotopic (exact) mass is 402 g/mol. The Morgan fingerprint density at radius 3 is 2.62 bits per heavy atom. The number of carbonyl (C=O) groups is 1. The molecule has 0 aliphatic heterocycles. The van der Waals surface area contributed by atoms with Crippen molar-refractivity contribution < 1.29 is 4.79 Å². The fourth-order valence-corrected chi connectivity index (χ4v) is 4.43. The van der Waals surface area contributed by atoms with Crippen LogP contribution in [0.1, 0.15) is 27.2 Å². The summed E-state index contributed by atoms with van der Waals surface area (Å²) >= 11 is 1.52. The van der Waals surface area contributed by atoms with Crippen molar-refractivity contribution in [2.75, 3.05) is 0 Å². The number of fused-ring (bicyclic) bond motifs is 1. The maximum absolute atomic E-state index is 13.0. The number of thiazole rings is 1. The summed E-state index contributed by atoms with van der Waals surface area (Å²) < 4.78 is 4.91. The maximum Gasteiger partial charge on any atom is 0.283 e. The van der Waals surface area contributed by atoms with E-state index in [-0.39, 0.29) is 5.91 Å². The molecule has 0 unspecified atom stereocenters. The topological polar surface area (TPSA) is 52.2 Å². The van der Waals surface area contributed by atoms with Crippen LogP contribution in [0.4, 0.5) is 0 Å². The zero-order valence-electron chi connectivity index (χ0n) is 16.7. The summed E-state index contributed by atoms with van der Waals surface area (Å²) in [6.07, 6.45) is 3.41. The van der Waals surface area contributed by atoms with Crippen molar-refractivity contribution in [1.29, 1.82) is 0 Å². The van der Waals surface area contributed by atoms with E-state index < -0.39 is 0 Å². The molecule has 4 aromatic rings. The Morgan fingerprint density at radius 1 is 1.17 bits per heavy atom. The van der Waals surface area contributed by atoms with Crippen molar-refractivity contribution >= 4 is 27.5 Å². The van der Waals surface area contributed by atoms with Crippen LogP contribution in [0.2, 0.25) is 0 Å². The van der Waals surface area contributed by atoms with Gasteiger partial charge in [0.1, 0.15) is 0 Å². The number of hydrogen-bond donors (Lipinski definition) is 0. The average molecular weight is 403 g/mol. The normalized spacial score (nSPS) is 11.9. The Hall–Kier alpha value is -3.25. The number of hydrogen-bond acceptors (Lipinski definition) is 3. The predicted octanol–water partition coefficient (Wildman–Crippen LogP) is 4.74. The fourth-order valence-electron chi connectivity index (χ4n) is 3.31. The van der Waals surface area contributed by atoms with E-state index in [4.69, 9.17) is 0 Å². The van der Waals surface area contributed by atoms with Gasteiger partial charge in [0, 0.05) is 6.54 Å². The van der Waals surface area contributed by atoms with Gasteiger partial charge in [-0.2, -0.15) is 10.1 Å². The first-order valence-electron chi connectivity index (χ1n) is 9.40.